The molecule has 0 spiro atoms. The lowest BCUT2D eigenvalue weighted by atomic mass is 10.0. The molecule has 0 fully saturated rings. The van der Waals surface area contributed by atoms with Gasteiger partial charge >= 0.3 is 5.69 Å². The Hall–Kier alpha value is -4.60. The Morgan fingerprint density at radius 3 is 2.54 bits per heavy atom. The van der Waals surface area contributed by atoms with Gasteiger partial charge in [-0.1, -0.05) is 17.7 Å². The van der Waals surface area contributed by atoms with Gasteiger partial charge in [0.05, 0.1) is 30.8 Å². The quantitative estimate of drug-likeness (QED) is 0.273. The summed E-state index contributed by atoms with van der Waals surface area (Å²) in [5.74, 6) is 0.780. The summed E-state index contributed by atoms with van der Waals surface area (Å²) < 4.78 is 14.8. The number of carbonyl (C=O) groups excluding carboxylic acids is 1. The third-order valence-electron chi connectivity index (χ3n) is 7.10. The molecule has 0 bridgehead atoms. The Labute approximate surface area is 239 Å². The molecule has 10 nitrogen and oxygen atoms in total. The molecular weight excluding hydrogens is 520 g/mol. The minimum atomic E-state index is -0.501. The highest BCUT2D eigenvalue weighted by Crippen LogP contribution is 2.37. The molecule has 10 heteroatoms. The summed E-state index contributed by atoms with van der Waals surface area (Å²) in [5, 5.41) is 9.86. The minimum Gasteiger partial charge on any atom is -0.493 e. The summed E-state index contributed by atoms with van der Waals surface area (Å²) in [6.07, 6.45) is 3.71. The number of methoxy groups -OCH3 is 1. The second-order valence-corrected chi connectivity index (χ2v) is 10.1. The number of hydrogen-bond acceptors (Lipinski definition) is 7. The first-order valence-corrected chi connectivity index (χ1v) is 13.7. The van der Waals surface area contributed by atoms with Crippen LogP contribution in [0, 0.1) is 26.2 Å². The SMILES string of the molecule is CCOc1cc2c(cc1OC)-c1cc(=Nc3c(C)cc(C)cc3C)n(CCNC(=O)/C(N)=C/C=N)c(=O)n1CCC2. The topological polar surface area (TPSA) is 137 Å². The molecule has 2 heterocycles. The van der Waals surface area contributed by atoms with E-state index in [4.69, 9.17) is 25.6 Å². The highest BCUT2D eigenvalue weighted by Gasteiger charge is 2.21. The molecule has 1 amide bonds. The van der Waals surface area contributed by atoms with Crippen LogP contribution in [-0.2, 0) is 24.3 Å². The lowest BCUT2D eigenvalue weighted by molar-refractivity contribution is -0.117. The van der Waals surface area contributed by atoms with Gasteiger partial charge in [0.1, 0.15) is 5.49 Å². The van der Waals surface area contributed by atoms with Crippen molar-refractivity contribution in [3.05, 3.63) is 80.3 Å². The fraction of sp³-hybridized carbons (Fsp3) is 0.355. The van der Waals surface area contributed by atoms with Crippen molar-refractivity contribution in [2.24, 2.45) is 10.7 Å². The van der Waals surface area contributed by atoms with Crippen molar-refractivity contribution in [1.82, 2.24) is 14.5 Å². The first-order valence-electron chi connectivity index (χ1n) is 13.7. The number of amides is 1. The van der Waals surface area contributed by atoms with Crippen LogP contribution in [-0.4, -0.2) is 41.5 Å². The predicted molar refractivity (Wildman–Crippen MR) is 160 cm³/mol. The van der Waals surface area contributed by atoms with Gasteiger partial charge in [-0.05, 0) is 75.4 Å². The summed E-state index contributed by atoms with van der Waals surface area (Å²) in [4.78, 5) is 31.4. The van der Waals surface area contributed by atoms with Gasteiger partial charge in [0.25, 0.3) is 5.91 Å². The second kappa shape index (κ2) is 12.7. The Kier molecular flexibility index (Phi) is 9.11. The van der Waals surface area contributed by atoms with Gasteiger partial charge in [-0.2, -0.15) is 0 Å². The van der Waals surface area contributed by atoms with Gasteiger partial charge < -0.3 is 25.9 Å². The van der Waals surface area contributed by atoms with Gasteiger partial charge in [-0.3, -0.25) is 13.9 Å². The number of carbonyl (C=O) groups is 1. The number of allylic oxidation sites excluding steroid dienone is 1. The van der Waals surface area contributed by atoms with Crippen LogP contribution in [0.1, 0.15) is 35.6 Å². The molecule has 0 saturated carbocycles. The third kappa shape index (κ3) is 6.26. The minimum absolute atomic E-state index is 0.0727. The maximum absolute atomic E-state index is 14.1. The molecule has 1 aromatic heterocycles. The van der Waals surface area contributed by atoms with Crippen molar-refractivity contribution < 1.29 is 14.3 Å². The van der Waals surface area contributed by atoms with Crippen LogP contribution >= 0.6 is 0 Å². The second-order valence-electron chi connectivity index (χ2n) is 10.1. The zero-order valence-electron chi connectivity index (χ0n) is 24.3. The summed E-state index contributed by atoms with van der Waals surface area (Å²) >= 11 is 0. The smallest absolute Gasteiger partial charge is 0.330 e. The van der Waals surface area contributed by atoms with Crippen molar-refractivity contribution in [2.45, 2.75) is 53.6 Å². The van der Waals surface area contributed by atoms with Crippen molar-refractivity contribution in [2.75, 3.05) is 20.3 Å². The molecule has 0 unspecified atom stereocenters. The van der Waals surface area contributed by atoms with Gasteiger partial charge in [0.2, 0.25) is 0 Å². The van der Waals surface area contributed by atoms with E-state index >= 15 is 0 Å². The molecule has 1 aliphatic rings. The summed E-state index contributed by atoms with van der Waals surface area (Å²) in [6, 6.07) is 10.0. The third-order valence-corrected chi connectivity index (χ3v) is 7.10. The molecular formula is C31H38N6O4. The van der Waals surface area contributed by atoms with Gasteiger partial charge in [-0.15, -0.1) is 0 Å². The number of rotatable bonds is 9. The van der Waals surface area contributed by atoms with Crippen molar-refractivity contribution in [3.63, 3.8) is 0 Å². The van der Waals surface area contributed by atoms with E-state index in [0.29, 0.717) is 30.1 Å². The van der Waals surface area contributed by atoms with E-state index in [0.717, 1.165) is 58.3 Å². The number of hydrogen-bond donors (Lipinski definition) is 3. The normalized spacial score (nSPS) is 13.2. The summed E-state index contributed by atoms with van der Waals surface area (Å²) in [7, 11) is 1.61. The Morgan fingerprint density at radius 2 is 1.88 bits per heavy atom. The van der Waals surface area contributed by atoms with Crippen molar-refractivity contribution >= 4 is 17.8 Å². The van der Waals surface area contributed by atoms with E-state index in [-0.39, 0.29) is 24.5 Å². The molecule has 0 aliphatic carbocycles. The van der Waals surface area contributed by atoms with Crippen molar-refractivity contribution in [3.8, 4) is 22.8 Å². The molecule has 3 aromatic rings. The average molecular weight is 559 g/mol. The van der Waals surface area contributed by atoms with E-state index in [1.165, 1.54) is 6.08 Å². The zero-order valence-corrected chi connectivity index (χ0v) is 24.3. The number of ether oxygens (including phenoxy) is 2. The maximum Gasteiger partial charge on any atom is 0.330 e. The van der Waals surface area contributed by atoms with E-state index in [2.05, 4.69) is 17.4 Å². The average Bonchev–Trinajstić information content (AvgIpc) is 3.10. The van der Waals surface area contributed by atoms with Gasteiger partial charge in [0, 0.05) is 37.5 Å². The molecule has 2 aromatic carbocycles. The van der Waals surface area contributed by atoms with Crippen molar-refractivity contribution in [1.29, 1.82) is 5.41 Å². The van der Waals surface area contributed by atoms with Gasteiger partial charge in [-0.25, -0.2) is 9.79 Å². The monoisotopic (exact) mass is 558 g/mol. The molecule has 0 radical (unpaired) electrons. The van der Waals surface area contributed by atoms with E-state index in [1.807, 2.05) is 45.9 Å². The molecule has 0 atom stereocenters. The van der Waals surface area contributed by atoms with E-state index in [1.54, 1.807) is 16.2 Å². The number of aromatic nitrogens is 2. The molecule has 1 aliphatic heterocycles. The van der Waals surface area contributed by atoms with Gasteiger partial charge in [0.15, 0.2) is 11.5 Å². The number of nitrogens with two attached hydrogens (primary N) is 1. The molecule has 41 heavy (non-hydrogen) atoms. The maximum atomic E-state index is 14.1. The number of benzene rings is 2. The fourth-order valence-electron chi connectivity index (χ4n) is 5.28. The predicted octanol–water partition coefficient (Wildman–Crippen LogP) is 3.44. The summed E-state index contributed by atoms with van der Waals surface area (Å²) in [6.45, 7) is 9.37. The molecule has 4 rings (SSSR count). The van der Waals surface area contributed by atoms with Crippen LogP contribution in [0.4, 0.5) is 5.69 Å². The van der Waals surface area contributed by atoms with Crippen LogP contribution in [0.25, 0.3) is 11.3 Å². The largest absolute Gasteiger partial charge is 0.493 e. The first kappa shape index (κ1) is 29.4. The first-order chi connectivity index (χ1) is 19.7. The Bertz CT molecular complexity index is 1620. The zero-order chi connectivity index (χ0) is 29.7. The molecule has 216 valence electrons. The van der Waals surface area contributed by atoms with E-state index < -0.39 is 5.91 Å². The Balaban J connectivity index is 1.92. The lowest BCUT2D eigenvalue weighted by Crippen LogP contribution is -2.43. The Morgan fingerprint density at radius 1 is 1.15 bits per heavy atom. The standard InChI is InChI=1S/C31H38N6O4/c1-6-41-27-16-22-8-7-12-36-25(23(22)17-26(27)40-5)18-28(35-29-20(3)14-19(2)15-21(29)4)37(31(36)39)13-11-34-30(38)24(33)9-10-32/h9-10,14-18,32H,6-8,11-13,33H2,1-5H3,(H,34,38)/b24-9-,32-10?,35-28?. The number of aryl methyl sites for hydroxylation is 4. The highest BCUT2D eigenvalue weighted by atomic mass is 16.5. The van der Waals surface area contributed by atoms with Crippen LogP contribution in [0.5, 0.6) is 11.5 Å². The fourth-order valence-corrected chi connectivity index (χ4v) is 5.28. The van der Waals surface area contributed by atoms with Crippen LogP contribution in [0.2, 0.25) is 0 Å². The molecule has 0 saturated heterocycles. The number of nitrogens with one attached hydrogen (secondary N) is 2. The lowest BCUT2D eigenvalue weighted by Gasteiger charge is -2.18. The van der Waals surface area contributed by atoms with E-state index in [9.17, 15) is 9.59 Å². The summed E-state index contributed by atoms with van der Waals surface area (Å²) in [5.41, 5.74) is 12.6. The van der Waals surface area contributed by atoms with Crippen LogP contribution in [0.3, 0.4) is 0 Å². The van der Waals surface area contributed by atoms with Crippen LogP contribution in [0.15, 0.2) is 51.9 Å². The molecule has 4 N–H and O–H groups in total. The highest BCUT2D eigenvalue weighted by molar-refractivity contribution is 5.95. The van der Waals surface area contributed by atoms with Crippen LogP contribution < -0.4 is 31.7 Å². The number of nitrogens with zero attached hydrogens (tertiary/aromatic N) is 3. The number of fused-ring (bicyclic) bond motifs is 3.